The minimum absolute atomic E-state index is 0.0393. The van der Waals surface area contributed by atoms with Gasteiger partial charge in [0.15, 0.2) is 5.96 Å². The molecule has 1 aromatic carbocycles. The summed E-state index contributed by atoms with van der Waals surface area (Å²) in [6, 6.07) is 3.41. The van der Waals surface area contributed by atoms with Crippen molar-refractivity contribution < 1.29 is 18.3 Å². The zero-order valence-corrected chi connectivity index (χ0v) is 17.9. The normalized spacial score (nSPS) is 21.3. The van der Waals surface area contributed by atoms with Crippen LogP contribution < -0.4 is 5.32 Å². The van der Waals surface area contributed by atoms with Crippen molar-refractivity contribution in [2.24, 2.45) is 4.99 Å². The van der Waals surface area contributed by atoms with Crippen molar-refractivity contribution in [3.63, 3.8) is 0 Å². The van der Waals surface area contributed by atoms with E-state index in [4.69, 9.17) is 4.74 Å². The molecule has 2 aliphatic heterocycles. The van der Waals surface area contributed by atoms with E-state index < -0.39 is 17.7 Å². The molecule has 0 radical (unpaired) electrons. The predicted molar refractivity (Wildman–Crippen MR) is 111 cm³/mol. The molecule has 2 unspecified atom stereocenters. The molecule has 3 rings (SSSR count). The number of likely N-dealkylation sites (N-methyl/N-ethyl adjacent to an activating group) is 1. The lowest BCUT2D eigenvalue weighted by Crippen LogP contribution is -2.55. The fourth-order valence-electron chi connectivity index (χ4n) is 4.01. The smallest absolute Gasteiger partial charge is 0.251 e. The van der Waals surface area contributed by atoms with Gasteiger partial charge in [-0.25, -0.2) is 8.78 Å². The maximum atomic E-state index is 14.3. The Hall–Kier alpha value is -2.26. The Morgan fingerprint density at radius 3 is 2.40 bits per heavy atom. The molecule has 2 atom stereocenters. The highest BCUT2D eigenvalue weighted by molar-refractivity contribution is 5.82. The number of benzene rings is 1. The SMILES string of the molecule is CN=C(NCC(c1c(F)cccc1F)N(C)C)N1CCN(C(=O)C2CCCO2)CC1. The molecule has 7 nitrogen and oxygen atoms in total. The van der Waals surface area contributed by atoms with E-state index in [1.54, 1.807) is 26.0 Å². The van der Waals surface area contributed by atoms with Gasteiger partial charge in [-0.3, -0.25) is 9.79 Å². The molecule has 30 heavy (non-hydrogen) atoms. The number of aliphatic imine (C=N–C) groups is 1. The fraction of sp³-hybridized carbons (Fsp3) is 0.619. The summed E-state index contributed by atoms with van der Waals surface area (Å²) in [5.74, 6) is -0.404. The molecule has 0 saturated carbocycles. The standard InChI is InChI=1S/C21H31F2N5O2/c1-24-21(25-14-17(26(2)3)19-15(22)6-4-7-16(19)23)28-11-9-27(10-12-28)20(29)18-8-5-13-30-18/h4,6-7,17-18H,5,8-14H2,1-3H3,(H,24,25). The molecule has 2 fully saturated rings. The quantitative estimate of drug-likeness (QED) is 0.574. The maximum absolute atomic E-state index is 14.3. The molecule has 0 bridgehead atoms. The minimum atomic E-state index is -0.563. The number of guanidine groups is 1. The van der Waals surface area contributed by atoms with Gasteiger partial charge in [0.1, 0.15) is 17.7 Å². The van der Waals surface area contributed by atoms with Crippen LogP contribution in [0.3, 0.4) is 0 Å². The zero-order valence-electron chi connectivity index (χ0n) is 17.9. The Balaban J connectivity index is 1.58. The van der Waals surface area contributed by atoms with Crippen LogP contribution >= 0.6 is 0 Å². The first-order chi connectivity index (χ1) is 14.4. The first kappa shape index (κ1) is 22.4. The highest BCUT2D eigenvalue weighted by Gasteiger charge is 2.31. The summed E-state index contributed by atoms with van der Waals surface area (Å²) >= 11 is 0. The van der Waals surface area contributed by atoms with Crippen molar-refractivity contribution in [3.8, 4) is 0 Å². The Morgan fingerprint density at radius 2 is 1.87 bits per heavy atom. The van der Waals surface area contributed by atoms with E-state index in [2.05, 4.69) is 15.2 Å². The van der Waals surface area contributed by atoms with Crippen LogP contribution in [0.4, 0.5) is 8.78 Å². The number of nitrogens with zero attached hydrogens (tertiary/aromatic N) is 4. The second-order valence-electron chi connectivity index (χ2n) is 7.86. The van der Waals surface area contributed by atoms with Crippen LogP contribution in [-0.4, -0.2) is 93.1 Å². The van der Waals surface area contributed by atoms with Crippen LogP contribution in [0.5, 0.6) is 0 Å². The first-order valence-corrected chi connectivity index (χ1v) is 10.4. The van der Waals surface area contributed by atoms with E-state index in [0.717, 1.165) is 12.8 Å². The van der Waals surface area contributed by atoms with E-state index in [1.807, 2.05) is 4.90 Å². The van der Waals surface area contributed by atoms with E-state index in [0.29, 0.717) is 45.3 Å². The average molecular weight is 424 g/mol. The Morgan fingerprint density at radius 1 is 1.23 bits per heavy atom. The topological polar surface area (TPSA) is 60.4 Å². The highest BCUT2D eigenvalue weighted by Crippen LogP contribution is 2.24. The van der Waals surface area contributed by atoms with E-state index >= 15 is 0 Å². The van der Waals surface area contributed by atoms with Gasteiger partial charge < -0.3 is 24.8 Å². The fourth-order valence-corrected chi connectivity index (χ4v) is 4.01. The van der Waals surface area contributed by atoms with Crippen LogP contribution in [0, 0.1) is 11.6 Å². The number of hydrogen-bond donors (Lipinski definition) is 1. The minimum Gasteiger partial charge on any atom is -0.368 e. The summed E-state index contributed by atoms with van der Waals surface area (Å²) in [4.78, 5) is 22.5. The largest absolute Gasteiger partial charge is 0.368 e. The van der Waals surface area contributed by atoms with Gasteiger partial charge in [0.05, 0.1) is 6.04 Å². The Bertz CT molecular complexity index is 740. The maximum Gasteiger partial charge on any atom is 0.251 e. The van der Waals surface area contributed by atoms with Gasteiger partial charge in [0, 0.05) is 51.9 Å². The number of halogens is 2. The second-order valence-corrected chi connectivity index (χ2v) is 7.86. The Labute approximate surface area is 176 Å². The Kier molecular flexibility index (Phi) is 7.60. The first-order valence-electron chi connectivity index (χ1n) is 10.4. The molecule has 1 N–H and O–H groups in total. The van der Waals surface area contributed by atoms with Crippen LogP contribution in [0.1, 0.15) is 24.4 Å². The number of piperazine rings is 1. The summed E-state index contributed by atoms with van der Waals surface area (Å²) in [5.41, 5.74) is 0.0393. The summed E-state index contributed by atoms with van der Waals surface area (Å²) < 4.78 is 34.1. The number of hydrogen-bond acceptors (Lipinski definition) is 4. The van der Waals surface area contributed by atoms with Gasteiger partial charge in [-0.2, -0.15) is 0 Å². The molecule has 9 heteroatoms. The lowest BCUT2D eigenvalue weighted by molar-refractivity contribution is -0.142. The number of rotatable bonds is 5. The third-order valence-corrected chi connectivity index (χ3v) is 5.72. The van der Waals surface area contributed by atoms with E-state index in [1.165, 1.54) is 18.2 Å². The lowest BCUT2D eigenvalue weighted by atomic mass is 10.0. The van der Waals surface area contributed by atoms with Crippen LogP contribution in [0.2, 0.25) is 0 Å². The van der Waals surface area contributed by atoms with Crippen molar-refractivity contribution in [2.75, 3.05) is 60.5 Å². The van der Waals surface area contributed by atoms with Gasteiger partial charge in [-0.15, -0.1) is 0 Å². The van der Waals surface area contributed by atoms with Gasteiger partial charge >= 0.3 is 0 Å². The number of amides is 1. The van der Waals surface area contributed by atoms with Crippen LogP contribution in [0.15, 0.2) is 23.2 Å². The molecule has 0 aromatic heterocycles. The van der Waals surface area contributed by atoms with Crippen molar-refractivity contribution in [1.82, 2.24) is 20.0 Å². The number of ether oxygens (including phenoxy) is 1. The van der Waals surface area contributed by atoms with E-state index in [-0.39, 0.29) is 17.6 Å². The number of carbonyl (C=O) groups excluding carboxylic acids is 1. The molecular weight excluding hydrogens is 392 g/mol. The highest BCUT2D eigenvalue weighted by atomic mass is 19.1. The summed E-state index contributed by atoms with van der Waals surface area (Å²) in [6.07, 6.45) is 1.43. The van der Waals surface area contributed by atoms with Gasteiger partial charge in [0.25, 0.3) is 5.91 Å². The zero-order chi connectivity index (χ0) is 21.7. The molecule has 1 amide bonds. The molecular formula is C21H31F2N5O2. The molecule has 2 heterocycles. The van der Waals surface area contributed by atoms with Gasteiger partial charge in [0.2, 0.25) is 0 Å². The second kappa shape index (κ2) is 10.2. The summed E-state index contributed by atoms with van der Waals surface area (Å²) in [6.45, 7) is 3.42. The number of nitrogens with one attached hydrogen (secondary N) is 1. The van der Waals surface area contributed by atoms with Crippen LogP contribution in [0.25, 0.3) is 0 Å². The van der Waals surface area contributed by atoms with E-state index in [9.17, 15) is 13.6 Å². The molecule has 166 valence electrons. The summed E-state index contributed by atoms with van der Waals surface area (Å²) in [5, 5.41) is 3.25. The lowest BCUT2D eigenvalue weighted by Gasteiger charge is -2.38. The number of carbonyl (C=O) groups is 1. The molecule has 1 aromatic rings. The molecule has 2 saturated heterocycles. The monoisotopic (exact) mass is 423 g/mol. The van der Waals surface area contributed by atoms with Crippen LogP contribution in [-0.2, 0) is 9.53 Å². The van der Waals surface area contributed by atoms with Crippen molar-refractivity contribution in [2.45, 2.75) is 25.0 Å². The third kappa shape index (κ3) is 5.07. The molecule has 0 aliphatic carbocycles. The molecule has 2 aliphatic rings. The summed E-state index contributed by atoms with van der Waals surface area (Å²) in [7, 11) is 5.26. The van der Waals surface area contributed by atoms with Gasteiger partial charge in [-0.1, -0.05) is 6.07 Å². The average Bonchev–Trinajstić information content (AvgIpc) is 3.27. The predicted octanol–water partition coefficient (Wildman–Crippen LogP) is 1.47. The van der Waals surface area contributed by atoms with Crippen molar-refractivity contribution in [3.05, 3.63) is 35.4 Å². The van der Waals surface area contributed by atoms with Gasteiger partial charge in [-0.05, 0) is 39.1 Å². The third-order valence-electron chi connectivity index (χ3n) is 5.72. The van der Waals surface area contributed by atoms with Crippen molar-refractivity contribution in [1.29, 1.82) is 0 Å². The molecule has 0 spiro atoms. The van der Waals surface area contributed by atoms with Crippen molar-refractivity contribution >= 4 is 11.9 Å².